The van der Waals surface area contributed by atoms with Crippen molar-refractivity contribution in [2.24, 2.45) is 0 Å². The Balaban J connectivity index is 2.52. The first-order chi connectivity index (χ1) is 5.33. The van der Waals surface area contributed by atoms with Crippen molar-refractivity contribution in [3.63, 3.8) is 0 Å². The summed E-state index contributed by atoms with van der Waals surface area (Å²) < 4.78 is 0. The molecule has 1 aromatic rings. The Morgan fingerprint density at radius 1 is 1.27 bits per heavy atom. The van der Waals surface area contributed by atoms with Crippen LogP contribution in [0.2, 0.25) is 11.1 Å². The Kier molecular flexibility index (Phi) is 3.67. The third kappa shape index (κ3) is 3.08. The van der Waals surface area contributed by atoms with Gasteiger partial charge in [0.15, 0.2) is 0 Å². The zero-order valence-corrected chi connectivity index (χ0v) is 8.98. The summed E-state index contributed by atoms with van der Waals surface area (Å²) in [5, 5.41) is 2.37. The van der Waals surface area contributed by atoms with Crippen LogP contribution in [0.5, 0.6) is 0 Å². The van der Waals surface area contributed by atoms with E-state index in [1.807, 2.05) is 12.1 Å². The van der Waals surface area contributed by atoms with Crippen molar-refractivity contribution in [1.82, 2.24) is 0 Å². The summed E-state index contributed by atoms with van der Waals surface area (Å²) in [4.78, 5) is 0. The zero-order chi connectivity index (χ0) is 8.10. The van der Waals surface area contributed by atoms with E-state index in [9.17, 15) is 0 Å². The largest absolute Gasteiger partial charge is 0.0843 e. The third-order valence-electron chi connectivity index (χ3n) is 1.73. The van der Waals surface area contributed by atoms with E-state index in [1.54, 1.807) is 0 Å². The average Bonchev–Trinajstić information content (AvgIpc) is 2.04. The smallest absolute Gasteiger partial charge is 0.0547 e. The van der Waals surface area contributed by atoms with E-state index in [1.165, 1.54) is 17.7 Å². The molecule has 1 aromatic carbocycles. The maximum absolute atomic E-state index is 5.76. The monoisotopic (exact) mass is 184 g/mol. The lowest BCUT2D eigenvalue weighted by atomic mass is 10.4. The van der Waals surface area contributed by atoms with Gasteiger partial charge in [0.2, 0.25) is 0 Å². The molecule has 0 aromatic heterocycles. The van der Waals surface area contributed by atoms with Crippen LogP contribution < -0.4 is 5.19 Å². The van der Waals surface area contributed by atoms with Crippen LogP contribution in [0, 0.1) is 0 Å². The maximum Gasteiger partial charge on any atom is 0.0547 e. The van der Waals surface area contributed by atoms with Crippen molar-refractivity contribution in [2.45, 2.75) is 19.4 Å². The lowest BCUT2D eigenvalue weighted by Gasteiger charge is -1.97. The predicted molar refractivity (Wildman–Crippen MR) is 54.7 cm³/mol. The lowest BCUT2D eigenvalue weighted by molar-refractivity contribution is 1.08. The van der Waals surface area contributed by atoms with E-state index in [4.69, 9.17) is 11.6 Å². The van der Waals surface area contributed by atoms with Crippen molar-refractivity contribution >= 4 is 26.3 Å². The fraction of sp³-hybridized carbons (Fsp3) is 0.333. The minimum atomic E-state index is 0.0139. The van der Waals surface area contributed by atoms with Crippen molar-refractivity contribution in [3.8, 4) is 0 Å². The number of halogens is 1. The molecule has 0 saturated carbocycles. The highest BCUT2D eigenvalue weighted by atomic mass is 35.5. The predicted octanol–water partition coefficient (Wildman–Crippen LogP) is 1.96. The zero-order valence-electron chi connectivity index (χ0n) is 6.81. The van der Waals surface area contributed by atoms with Crippen molar-refractivity contribution in [3.05, 3.63) is 29.3 Å². The molecule has 0 bridgehead atoms. The number of hydrogen-bond acceptors (Lipinski definition) is 0. The second kappa shape index (κ2) is 4.57. The quantitative estimate of drug-likeness (QED) is 0.631. The molecule has 11 heavy (non-hydrogen) atoms. The van der Waals surface area contributed by atoms with Crippen molar-refractivity contribution < 1.29 is 0 Å². The van der Waals surface area contributed by atoms with E-state index < -0.39 is 0 Å². The minimum absolute atomic E-state index is 0.0139. The molecule has 0 nitrogen and oxygen atoms in total. The highest BCUT2D eigenvalue weighted by Gasteiger charge is 1.91. The van der Waals surface area contributed by atoms with Gasteiger partial charge in [-0.2, -0.15) is 0 Å². The summed E-state index contributed by atoms with van der Waals surface area (Å²) in [6, 6.07) is 9.69. The van der Waals surface area contributed by atoms with Gasteiger partial charge in [0, 0.05) is 5.02 Å². The summed E-state index contributed by atoms with van der Waals surface area (Å²) >= 11 is 5.76. The molecule has 60 valence electrons. The van der Waals surface area contributed by atoms with Gasteiger partial charge in [-0.25, -0.2) is 0 Å². The van der Waals surface area contributed by atoms with E-state index in [0.29, 0.717) is 0 Å². The van der Waals surface area contributed by atoms with Crippen molar-refractivity contribution in [1.29, 1.82) is 0 Å². The first-order valence-corrected chi connectivity index (χ1v) is 6.16. The second-order valence-corrected chi connectivity index (χ2v) is 5.19. The van der Waals surface area contributed by atoms with Crippen LogP contribution in [0.15, 0.2) is 24.3 Å². The average molecular weight is 185 g/mol. The first-order valence-electron chi connectivity index (χ1n) is 4.07. The van der Waals surface area contributed by atoms with Crippen LogP contribution in [0.1, 0.15) is 13.3 Å². The molecule has 0 N–H and O–H groups in total. The summed E-state index contributed by atoms with van der Waals surface area (Å²) in [6.07, 6.45) is 1.31. The molecule has 0 amide bonds. The van der Waals surface area contributed by atoms with Crippen molar-refractivity contribution in [2.75, 3.05) is 0 Å². The van der Waals surface area contributed by atoms with Gasteiger partial charge in [-0.3, -0.25) is 0 Å². The normalized spacial score (nSPS) is 11.1. The molecule has 1 rings (SSSR count). The van der Waals surface area contributed by atoms with Crippen LogP contribution >= 0.6 is 11.6 Å². The fourth-order valence-corrected chi connectivity index (χ4v) is 2.49. The summed E-state index contributed by atoms with van der Waals surface area (Å²) in [7, 11) is 0.0139. The van der Waals surface area contributed by atoms with Crippen LogP contribution in [0.25, 0.3) is 0 Å². The SMILES string of the molecule is CCC[SiH2]c1ccc(Cl)cc1. The van der Waals surface area contributed by atoms with Gasteiger partial charge in [-0.1, -0.05) is 48.3 Å². The van der Waals surface area contributed by atoms with Gasteiger partial charge in [-0.15, -0.1) is 0 Å². The van der Waals surface area contributed by atoms with E-state index >= 15 is 0 Å². The van der Waals surface area contributed by atoms with Gasteiger partial charge < -0.3 is 0 Å². The Morgan fingerprint density at radius 2 is 1.91 bits per heavy atom. The number of hydrogen-bond donors (Lipinski definition) is 0. The Labute approximate surface area is 75.4 Å². The number of benzene rings is 1. The molecule has 0 heterocycles. The molecule has 0 spiro atoms. The van der Waals surface area contributed by atoms with Crippen LogP contribution in [0.4, 0.5) is 0 Å². The molecule has 2 heteroatoms. The molecule has 0 fully saturated rings. The minimum Gasteiger partial charge on any atom is -0.0843 e. The van der Waals surface area contributed by atoms with Crippen LogP contribution in [0.3, 0.4) is 0 Å². The Bertz CT molecular complexity index is 205. The highest BCUT2D eigenvalue weighted by molar-refractivity contribution is 6.53. The molecular formula is C9H13ClSi. The molecule has 0 saturated heterocycles. The summed E-state index contributed by atoms with van der Waals surface area (Å²) in [5.74, 6) is 0. The maximum atomic E-state index is 5.76. The van der Waals surface area contributed by atoms with Gasteiger partial charge in [-0.05, 0) is 12.1 Å². The molecule has 0 aliphatic heterocycles. The van der Waals surface area contributed by atoms with Gasteiger partial charge in [0.05, 0.1) is 9.52 Å². The summed E-state index contributed by atoms with van der Waals surface area (Å²) in [5.41, 5.74) is 0. The van der Waals surface area contributed by atoms with Crippen LogP contribution in [-0.2, 0) is 0 Å². The lowest BCUT2D eigenvalue weighted by Crippen LogP contribution is -2.11. The molecule has 0 radical (unpaired) electrons. The summed E-state index contributed by atoms with van der Waals surface area (Å²) in [6.45, 7) is 2.24. The van der Waals surface area contributed by atoms with Gasteiger partial charge in [0.25, 0.3) is 0 Å². The van der Waals surface area contributed by atoms with E-state index in [-0.39, 0.29) is 9.52 Å². The molecule has 0 aliphatic rings. The van der Waals surface area contributed by atoms with E-state index in [2.05, 4.69) is 19.1 Å². The van der Waals surface area contributed by atoms with E-state index in [0.717, 1.165) is 5.02 Å². The standard InChI is InChI=1S/C9H13ClSi/c1-2-7-11-9-5-3-8(10)4-6-9/h3-6H,2,7,11H2,1H3. The molecular weight excluding hydrogens is 172 g/mol. The van der Waals surface area contributed by atoms with Crippen LogP contribution in [-0.4, -0.2) is 9.52 Å². The Morgan fingerprint density at radius 3 is 2.45 bits per heavy atom. The Hall–Kier alpha value is -0.273. The second-order valence-electron chi connectivity index (χ2n) is 2.73. The molecule has 0 atom stereocenters. The van der Waals surface area contributed by atoms with Gasteiger partial charge in [0.1, 0.15) is 0 Å². The molecule has 0 aliphatic carbocycles. The van der Waals surface area contributed by atoms with Gasteiger partial charge >= 0.3 is 0 Å². The number of rotatable bonds is 3. The highest BCUT2D eigenvalue weighted by Crippen LogP contribution is 2.03. The first kappa shape index (κ1) is 8.82. The fourth-order valence-electron chi connectivity index (χ4n) is 1.03. The third-order valence-corrected chi connectivity index (χ3v) is 4.09. The topological polar surface area (TPSA) is 0 Å². The molecule has 0 unspecified atom stereocenters.